The summed E-state index contributed by atoms with van der Waals surface area (Å²) in [6.45, 7) is 5.97. The molecule has 138 valence electrons. The Labute approximate surface area is 171 Å². The molecule has 1 aliphatic rings. The highest BCUT2D eigenvalue weighted by Gasteiger charge is 2.25. The average Bonchev–Trinajstić information content (AvgIpc) is 3.01. The lowest BCUT2D eigenvalue weighted by Gasteiger charge is -2.12. The van der Waals surface area contributed by atoms with Crippen LogP contribution in [0.25, 0.3) is 6.08 Å². The fourth-order valence-electron chi connectivity index (χ4n) is 2.60. The van der Waals surface area contributed by atoms with Gasteiger partial charge in [0.1, 0.15) is 6.61 Å². The number of ether oxygens (including phenoxy) is 3. The van der Waals surface area contributed by atoms with E-state index in [0.717, 1.165) is 20.3 Å². The van der Waals surface area contributed by atoms with Crippen LogP contribution in [0.2, 0.25) is 0 Å². The van der Waals surface area contributed by atoms with Gasteiger partial charge >= 0.3 is 5.97 Å². The third-order valence-corrected chi connectivity index (χ3v) is 4.70. The summed E-state index contributed by atoms with van der Waals surface area (Å²) in [5, 5.41) is 0. The average molecular weight is 475 g/mol. The Hall–Kier alpha value is -2.61. The first-order valence-corrected chi connectivity index (χ1v) is 9.31. The van der Waals surface area contributed by atoms with Gasteiger partial charge in [-0.3, -0.25) is 0 Å². The van der Waals surface area contributed by atoms with Gasteiger partial charge in [-0.1, -0.05) is 30.9 Å². The van der Waals surface area contributed by atoms with Crippen LogP contribution in [0, 0.1) is 10.5 Å². The number of cyclic esters (lactones) is 1. The van der Waals surface area contributed by atoms with Crippen LogP contribution in [0.5, 0.6) is 11.5 Å². The second-order valence-electron chi connectivity index (χ2n) is 5.78. The molecular formula is C21H18INO4. The van der Waals surface area contributed by atoms with E-state index in [4.69, 9.17) is 14.2 Å². The first-order chi connectivity index (χ1) is 13.0. The van der Waals surface area contributed by atoms with Gasteiger partial charge in [-0.05, 0) is 64.9 Å². The predicted molar refractivity (Wildman–Crippen MR) is 113 cm³/mol. The van der Waals surface area contributed by atoms with Crippen molar-refractivity contribution in [1.29, 1.82) is 0 Å². The molecule has 2 aromatic rings. The molecule has 5 nitrogen and oxygen atoms in total. The number of carbonyl (C=O) groups excluding carboxylic acids is 1. The standard InChI is InChI=1S/C21H18INO4/c1-4-9-26-19-16(22)10-14(12-18(19)25-3)11-17-21(24)27-20(23-17)15-8-6-5-7-13(15)2/h4-8,10-12H,1,9H2,2-3H3/b17-11-. The Morgan fingerprint density at radius 2 is 2.07 bits per heavy atom. The van der Waals surface area contributed by atoms with Crippen molar-refractivity contribution in [3.63, 3.8) is 0 Å². The van der Waals surface area contributed by atoms with Gasteiger partial charge in [0.2, 0.25) is 5.90 Å². The first kappa shape index (κ1) is 19.2. The summed E-state index contributed by atoms with van der Waals surface area (Å²) < 4.78 is 17.3. The largest absolute Gasteiger partial charge is 0.493 e. The molecule has 0 spiro atoms. The molecule has 0 bridgehead atoms. The van der Waals surface area contributed by atoms with Crippen molar-refractivity contribution in [2.45, 2.75) is 6.92 Å². The van der Waals surface area contributed by atoms with Crippen molar-refractivity contribution in [2.75, 3.05) is 13.7 Å². The van der Waals surface area contributed by atoms with E-state index in [2.05, 4.69) is 34.2 Å². The van der Waals surface area contributed by atoms with Gasteiger partial charge in [0, 0.05) is 5.56 Å². The molecule has 0 atom stereocenters. The molecular weight excluding hydrogens is 457 g/mol. The maximum absolute atomic E-state index is 12.2. The van der Waals surface area contributed by atoms with E-state index in [1.54, 1.807) is 25.3 Å². The Morgan fingerprint density at radius 1 is 1.30 bits per heavy atom. The van der Waals surface area contributed by atoms with E-state index < -0.39 is 5.97 Å². The Balaban J connectivity index is 1.96. The molecule has 0 radical (unpaired) electrons. The third kappa shape index (κ3) is 4.21. The number of methoxy groups -OCH3 is 1. The van der Waals surface area contributed by atoms with Crippen molar-refractivity contribution in [2.24, 2.45) is 4.99 Å². The Kier molecular flexibility index (Phi) is 5.95. The maximum atomic E-state index is 12.2. The highest BCUT2D eigenvalue weighted by molar-refractivity contribution is 14.1. The highest BCUT2D eigenvalue weighted by atomic mass is 127. The van der Waals surface area contributed by atoms with E-state index in [1.807, 2.05) is 37.3 Å². The molecule has 0 saturated carbocycles. The van der Waals surface area contributed by atoms with Gasteiger partial charge in [-0.2, -0.15) is 0 Å². The predicted octanol–water partition coefficient (Wildman–Crippen LogP) is 4.52. The molecule has 0 aliphatic carbocycles. The van der Waals surface area contributed by atoms with Gasteiger partial charge in [0.25, 0.3) is 0 Å². The fourth-order valence-corrected chi connectivity index (χ4v) is 3.38. The fraction of sp³-hybridized carbons (Fsp3) is 0.143. The Morgan fingerprint density at radius 3 is 2.78 bits per heavy atom. The molecule has 3 rings (SSSR count). The summed E-state index contributed by atoms with van der Waals surface area (Å²) >= 11 is 2.16. The molecule has 0 aromatic heterocycles. The van der Waals surface area contributed by atoms with Gasteiger partial charge < -0.3 is 14.2 Å². The lowest BCUT2D eigenvalue weighted by Crippen LogP contribution is -2.06. The smallest absolute Gasteiger partial charge is 0.363 e. The number of benzene rings is 2. The van der Waals surface area contributed by atoms with E-state index in [1.165, 1.54) is 0 Å². The monoisotopic (exact) mass is 475 g/mol. The number of halogens is 1. The third-order valence-electron chi connectivity index (χ3n) is 3.90. The summed E-state index contributed by atoms with van der Waals surface area (Å²) in [5.74, 6) is 1.05. The molecule has 0 unspecified atom stereocenters. The minimum absolute atomic E-state index is 0.242. The zero-order valence-electron chi connectivity index (χ0n) is 15.0. The van der Waals surface area contributed by atoms with E-state index >= 15 is 0 Å². The zero-order valence-corrected chi connectivity index (χ0v) is 17.1. The van der Waals surface area contributed by atoms with Crippen LogP contribution in [-0.2, 0) is 9.53 Å². The zero-order chi connectivity index (χ0) is 19.4. The second kappa shape index (κ2) is 8.39. The molecule has 0 saturated heterocycles. The number of rotatable bonds is 6. The van der Waals surface area contributed by atoms with Crippen LogP contribution in [-0.4, -0.2) is 25.6 Å². The molecule has 6 heteroatoms. The molecule has 0 fully saturated rings. The minimum atomic E-state index is -0.478. The van der Waals surface area contributed by atoms with Crippen LogP contribution in [0.4, 0.5) is 0 Å². The highest BCUT2D eigenvalue weighted by Crippen LogP contribution is 2.35. The van der Waals surface area contributed by atoms with E-state index in [9.17, 15) is 4.79 Å². The van der Waals surface area contributed by atoms with Crippen molar-refractivity contribution in [1.82, 2.24) is 0 Å². The Bertz CT molecular complexity index is 963. The van der Waals surface area contributed by atoms with Gasteiger partial charge in [0.05, 0.1) is 10.7 Å². The number of esters is 1. The number of aryl methyl sites for hydroxylation is 1. The van der Waals surface area contributed by atoms with Gasteiger partial charge in [0.15, 0.2) is 17.2 Å². The summed E-state index contributed by atoms with van der Waals surface area (Å²) in [7, 11) is 1.57. The number of hydrogen-bond donors (Lipinski definition) is 0. The number of hydrogen-bond acceptors (Lipinski definition) is 5. The molecule has 1 aliphatic heterocycles. The number of nitrogens with zero attached hydrogens (tertiary/aromatic N) is 1. The van der Waals surface area contributed by atoms with Gasteiger partial charge in [-0.25, -0.2) is 9.79 Å². The van der Waals surface area contributed by atoms with Gasteiger partial charge in [-0.15, -0.1) is 0 Å². The summed E-state index contributed by atoms with van der Waals surface area (Å²) in [6.07, 6.45) is 3.34. The van der Waals surface area contributed by atoms with Crippen LogP contribution in [0.1, 0.15) is 16.7 Å². The van der Waals surface area contributed by atoms with Crippen molar-refractivity contribution < 1.29 is 19.0 Å². The second-order valence-corrected chi connectivity index (χ2v) is 6.95. The van der Waals surface area contributed by atoms with Crippen LogP contribution >= 0.6 is 22.6 Å². The van der Waals surface area contributed by atoms with Crippen LogP contribution in [0.15, 0.2) is 59.7 Å². The van der Waals surface area contributed by atoms with Crippen molar-refractivity contribution in [3.8, 4) is 11.5 Å². The quantitative estimate of drug-likeness (QED) is 0.267. The number of carbonyl (C=O) groups is 1. The molecule has 1 heterocycles. The summed E-state index contributed by atoms with van der Waals surface area (Å²) in [6, 6.07) is 11.3. The van der Waals surface area contributed by atoms with Crippen LogP contribution < -0.4 is 9.47 Å². The molecule has 27 heavy (non-hydrogen) atoms. The number of aliphatic imine (C=N–C) groups is 1. The van der Waals surface area contributed by atoms with Crippen molar-refractivity contribution >= 4 is 40.5 Å². The summed E-state index contributed by atoms with van der Waals surface area (Å²) in [5.41, 5.74) is 2.80. The molecule has 2 aromatic carbocycles. The minimum Gasteiger partial charge on any atom is -0.493 e. The van der Waals surface area contributed by atoms with E-state index in [0.29, 0.717) is 24.0 Å². The molecule has 0 amide bonds. The summed E-state index contributed by atoms with van der Waals surface area (Å²) in [4.78, 5) is 16.6. The SMILES string of the molecule is C=CCOc1c(I)cc(/C=C2\N=C(c3ccccc3C)OC2=O)cc1OC. The lowest BCUT2D eigenvalue weighted by molar-refractivity contribution is -0.129. The topological polar surface area (TPSA) is 57.1 Å². The van der Waals surface area contributed by atoms with Crippen LogP contribution in [0.3, 0.4) is 0 Å². The van der Waals surface area contributed by atoms with Crippen molar-refractivity contribution in [3.05, 3.63) is 75.0 Å². The normalized spacial score (nSPS) is 14.7. The maximum Gasteiger partial charge on any atom is 0.363 e. The van der Waals surface area contributed by atoms with E-state index in [-0.39, 0.29) is 5.70 Å². The molecule has 0 N–H and O–H groups in total. The lowest BCUT2D eigenvalue weighted by atomic mass is 10.1. The first-order valence-electron chi connectivity index (χ1n) is 8.23.